The van der Waals surface area contributed by atoms with Gasteiger partial charge in [0, 0.05) is 32.4 Å². The van der Waals surface area contributed by atoms with E-state index in [0.29, 0.717) is 24.8 Å². The van der Waals surface area contributed by atoms with E-state index in [4.69, 9.17) is 0 Å². The molecule has 0 fully saturated rings. The van der Waals surface area contributed by atoms with Crippen molar-refractivity contribution in [3.05, 3.63) is 35.3 Å². The number of rotatable bonds is 9. The topological polar surface area (TPSA) is 85.2 Å². The fraction of sp³-hybridized carbons (Fsp3) is 0.421. The van der Waals surface area contributed by atoms with Crippen molar-refractivity contribution in [2.45, 2.75) is 20.8 Å². The molecule has 0 bridgehead atoms. The highest BCUT2D eigenvalue weighted by molar-refractivity contribution is 5.92. The molecular weight excluding hydrogens is 351 g/mol. The molecule has 1 aromatic carbocycles. The van der Waals surface area contributed by atoms with Crippen LogP contribution in [0, 0.1) is 11.7 Å². The first kappa shape index (κ1) is 22.3. The molecule has 0 heterocycles. The van der Waals surface area contributed by atoms with E-state index < -0.39 is 12.4 Å². The first-order valence-electron chi connectivity index (χ1n) is 8.64. The average Bonchev–Trinajstić information content (AvgIpc) is 2.65. The highest BCUT2D eigenvalue weighted by Crippen LogP contribution is 2.31. The van der Waals surface area contributed by atoms with Crippen LogP contribution >= 0.6 is 0 Å². The molecule has 1 aromatic rings. The Labute approximate surface area is 159 Å². The third-order valence-corrected chi connectivity index (χ3v) is 4.03. The lowest BCUT2D eigenvalue weighted by molar-refractivity contribution is -0.114. The Morgan fingerprint density at radius 3 is 2.48 bits per heavy atom. The number of carbonyl (C=O) groups excluding carboxylic acids is 2. The zero-order valence-corrected chi connectivity index (χ0v) is 16.4. The summed E-state index contributed by atoms with van der Waals surface area (Å²) < 4.78 is 14.6. The van der Waals surface area contributed by atoms with Crippen molar-refractivity contribution < 1.29 is 19.1 Å². The molecular formula is C19H27FN4O3. The summed E-state index contributed by atoms with van der Waals surface area (Å²) in [7, 11) is 3.25. The fourth-order valence-corrected chi connectivity index (χ4v) is 2.61. The van der Waals surface area contributed by atoms with Gasteiger partial charge in [-0.2, -0.15) is 5.10 Å². The predicted molar refractivity (Wildman–Crippen MR) is 105 cm³/mol. The van der Waals surface area contributed by atoms with Crippen LogP contribution in [0.1, 0.15) is 36.7 Å². The second-order valence-corrected chi connectivity index (χ2v) is 6.14. The van der Waals surface area contributed by atoms with E-state index in [1.807, 2.05) is 13.8 Å². The van der Waals surface area contributed by atoms with Gasteiger partial charge < -0.3 is 10.4 Å². The smallest absolute Gasteiger partial charge is 0.215 e. The number of hydrogen-bond donors (Lipinski definition) is 2. The molecule has 0 atom stereocenters. The lowest BCUT2D eigenvalue weighted by Crippen LogP contribution is -2.34. The van der Waals surface area contributed by atoms with Gasteiger partial charge in [0.05, 0.1) is 5.69 Å². The molecule has 8 heteroatoms. The summed E-state index contributed by atoms with van der Waals surface area (Å²) in [5, 5.41) is 17.8. The molecule has 0 aromatic heterocycles. The minimum absolute atomic E-state index is 0.0851. The number of nitrogens with one attached hydrogen (secondary N) is 1. The SMILES string of the molecule is CCN(C=O)/C(CO)=N\N(C)c1cc(/C(=C\NC)C(C)C)c(C=O)cc1F. The number of hydrazone groups is 1. The zero-order chi connectivity index (χ0) is 20.6. The Morgan fingerprint density at radius 2 is 2.04 bits per heavy atom. The van der Waals surface area contributed by atoms with Crippen LogP contribution in [0.15, 0.2) is 23.4 Å². The average molecular weight is 378 g/mol. The molecule has 7 nitrogen and oxygen atoms in total. The minimum Gasteiger partial charge on any atom is -0.394 e. The highest BCUT2D eigenvalue weighted by atomic mass is 19.1. The van der Waals surface area contributed by atoms with E-state index in [0.717, 1.165) is 11.6 Å². The largest absolute Gasteiger partial charge is 0.394 e. The number of likely N-dealkylation sites (N-methyl/N-ethyl adjacent to an activating group) is 1. The van der Waals surface area contributed by atoms with Gasteiger partial charge in [0.2, 0.25) is 6.41 Å². The maximum atomic E-state index is 14.6. The van der Waals surface area contributed by atoms with Gasteiger partial charge in [-0.15, -0.1) is 0 Å². The zero-order valence-electron chi connectivity index (χ0n) is 16.4. The molecule has 1 amide bonds. The maximum absolute atomic E-state index is 14.6. The van der Waals surface area contributed by atoms with E-state index in [-0.39, 0.29) is 23.0 Å². The fourth-order valence-electron chi connectivity index (χ4n) is 2.61. The predicted octanol–water partition coefficient (Wildman–Crippen LogP) is 2.07. The molecule has 0 aliphatic rings. The number of allylic oxidation sites excluding steroid dienone is 1. The maximum Gasteiger partial charge on any atom is 0.215 e. The van der Waals surface area contributed by atoms with Gasteiger partial charge in [-0.1, -0.05) is 13.8 Å². The first-order valence-corrected chi connectivity index (χ1v) is 8.64. The Hall–Kier alpha value is -2.74. The third kappa shape index (κ3) is 5.37. The van der Waals surface area contributed by atoms with Crippen molar-refractivity contribution in [3.63, 3.8) is 0 Å². The summed E-state index contributed by atoms with van der Waals surface area (Å²) in [4.78, 5) is 23.8. The van der Waals surface area contributed by atoms with Gasteiger partial charge in [0.25, 0.3) is 0 Å². The second-order valence-electron chi connectivity index (χ2n) is 6.14. The second kappa shape index (κ2) is 10.4. The molecule has 0 saturated carbocycles. The summed E-state index contributed by atoms with van der Waals surface area (Å²) in [5.41, 5.74) is 1.77. The molecule has 0 saturated heterocycles. The number of benzene rings is 1. The number of aldehydes is 1. The van der Waals surface area contributed by atoms with Gasteiger partial charge in [-0.3, -0.25) is 19.5 Å². The number of amides is 1. The molecule has 2 N–H and O–H groups in total. The first-order chi connectivity index (χ1) is 12.8. The summed E-state index contributed by atoms with van der Waals surface area (Å²) in [5.74, 6) is -0.460. The summed E-state index contributed by atoms with van der Waals surface area (Å²) in [6, 6.07) is 2.70. The third-order valence-electron chi connectivity index (χ3n) is 4.03. The van der Waals surface area contributed by atoms with Crippen LogP contribution < -0.4 is 10.3 Å². The van der Waals surface area contributed by atoms with Crippen LogP contribution in [0.5, 0.6) is 0 Å². The highest BCUT2D eigenvalue weighted by Gasteiger charge is 2.18. The number of anilines is 1. The summed E-state index contributed by atoms with van der Waals surface area (Å²) in [6.45, 7) is 5.51. The number of hydrogen-bond acceptors (Lipinski definition) is 6. The van der Waals surface area contributed by atoms with Crippen LogP contribution in [0.4, 0.5) is 10.1 Å². The molecule has 0 radical (unpaired) electrons. The van der Waals surface area contributed by atoms with Gasteiger partial charge in [-0.25, -0.2) is 4.39 Å². The molecule has 0 aliphatic carbocycles. The van der Waals surface area contributed by atoms with Crippen molar-refractivity contribution in [1.82, 2.24) is 10.2 Å². The van der Waals surface area contributed by atoms with Crippen molar-refractivity contribution in [1.29, 1.82) is 0 Å². The molecule has 27 heavy (non-hydrogen) atoms. The van der Waals surface area contributed by atoms with Crippen LogP contribution in [0.25, 0.3) is 5.57 Å². The van der Waals surface area contributed by atoms with E-state index in [1.54, 1.807) is 20.2 Å². The van der Waals surface area contributed by atoms with Crippen molar-refractivity contribution in [2.75, 3.05) is 32.3 Å². The summed E-state index contributed by atoms with van der Waals surface area (Å²) >= 11 is 0. The number of carbonyl (C=O) groups is 2. The lowest BCUT2D eigenvalue weighted by atomic mass is 9.92. The lowest BCUT2D eigenvalue weighted by Gasteiger charge is -2.22. The number of nitrogens with zero attached hydrogens (tertiary/aromatic N) is 3. The van der Waals surface area contributed by atoms with Gasteiger partial charge >= 0.3 is 0 Å². The molecule has 1 rings (SSSR count). The van der Waals surface area contributed by atoms with Gasteiger partial charge in [0.1, 0.15) is 12.4 Å². The van der Waals surface area contributed by atoms with Crippen molar-refractivity contribution in [2.24, 2.45) is 11.0 Å². The number of amidine groups is 1. The summed E-state index contributed by atoms with van der Waals surface area (Å²) in [6.07, 6.45) is 2.93. The van der Waals surface area contributed by atoms with E-state index in [1.165, 1.54) is 23.0 Å². The van der Waals surface area contributed by atoms with Gasteiger partial charge in [-0.05, 0) is 36.1 Å². The normalized spacial score (nSPS) is 12.1. The molecule has 0 aliphatic heterocycles. The van der Waals surface area contributed by atoms with Gasteiger partial charge in [0.15, 0.2) is 12.1 Å². The van der Waals surface area contributed by atoms with Crippen LogP contribution in [-0.4, -0.2) is 55.8 Å². The van der Waals surface area contributed by atoms with Crippen LogP contribution in [-0.2, 0) is 4.79 Å². The molecule has 0 spiro atoms. The number of aliphatic hydroxyl groups is 1. The molecule has 148 valence electrons. The number of halogens is 1. The minimum atomic E-state index is -0.633. The molecule has 0 unspecified atom stereocenters. The number of aliphatic hydroxyl groups excluding tert-OH is 1. The Balaban J connectivity index is 3.52. The van der Waals surface area contributed by atoms with Crippen LogP contribution in [0.2, 0.25) is 0 Å². The standard InChI is InChI=1S/C19H27FN4O3/c1-6-24(12-27)19(11-26)22-23(5)18-8-15(14(10-25)7-17(18)20)16(9-21-4)13(2)3/h7-10,12-13,21,26H,6,11H2,1-5H3/b16-9-,22-19-. The Morgan fingerprint density at radius 1 is 1.37 bits per heavy atom. The van der Waals surface area contributed by atoms with Crippen LogP contribution in [0.3, 0.4) is 0 Å². The van der Waals surface area contributed by atoms with E-state index >= 15 is 0 Å². The quantitative estimate of drug-likeness (QED) is 0.297. The van der Waals surface area contributed by atoms with Crippen molar-refractivity contribution in [3.8, 4) is 0 Å². The monoisotopic (exact) mass is 378 g/mol. The van der Waals surface area contributed by atoms with E-state index in [9.17, 15) is 19.1 Å². The Kier molecular flexibility index (Phi) is 8.61. The van der Waals surface area contributed by atoms with Crippen molar-refractivity contribution >= 4 is 29.8 Å². The van der Waals surface area contributed by atoms with E-state index in [2.05, 4.69) is 10.4 Å². The Bertz CT molecular complexity index is 732.